The highest BCUT2D eigenvalue weighted by Crippen LogP contribution is 2.19. The molecular formula is C17H18N4O. The molecule has 5 heteroatoms. The number of hydrogen-bond donors (Lipinski definition) is 2. The van der Waals surface area contributed by atoms with Gasteiger partial charge in [0.2, 0.25) is 0 Å². The van der Waals surface area contributed by atoms with Crippen LogP contribution in [0.2, 0.25) is 0 Å². The Morgan fingerprint density at radius 1 is 1.18 bits per heavy atom. The molecular weight excluding hydrogens is 276 g/mol. The number of H-pyrrole nitrogens is 1. The van der Waals surface area contributed by atoms with E-state index >= 15 is 0 Å². The molecule has 0 bridgehead atoms. The minimum absolute atomic E-state index is 0.126. The van der Waals surface area contributed by atoms with Gasteiger partial charge in [-0.3, -0.25) is 4.79 Å². The van der Waals surface area contributed by atoms with Gasteiger partial charge in [0, 0.05) is 31.0 Å². The average Bonchev–Trinajstić information content (AvgIpc) is 2.86. The number of imidazole rings is 1. The van der Waals surface area contributed by atoms with E-state index in [9.17, 15) is 4.79 Å². The lowest BCUT2D eigenvalue weighted by atomic mass is 10.1. The molecule has 0 saturated carbocycles. The lowest BCUT2D eigenvalue weighted by molar-refractivity contribution is 0.102. The van der Waals surface area contributed by atoms with E-state index in [1.807, 2.05) is 62.3 Å². The Balaban J connectivity index is 1.84. The van der Waals surface area contributed by atoms with Crippen LogP contribution in [0.4, 0.5) is 11.4 Å². The number of benzene rings is 2. The van der Waals surface area contributed by atoms with Gasteiger partial charge in [-0.2, -0.15) is 0 Å². The molecule has 1 heterocycles. The van der Waals surface area contributed by atoms with Crippen molar-refractivity contribution in [1.82, 2.24) is 9.97 Å². The molecule has 0 atom stereocenters. The molecule has 0 spiro atoms. The van der Waals surface area contributed by atoms with Crippen molar-refractivity contribution in [3.8, 4) is 0 Å². The molecule has 3 aromatic rings. The first-order valence-corrected chi connectivity index (χ1v) is 7.08. The zero-order chi connectivity index (χ0) is 15.7. The number of fused-ring (bicyclic) bond motifs is 1. The molecule has 2 aromatic carbocycles. The summed E-state index contributed by atoms with van der Waals surface area (Å²) in [5.74, 6) is 0.733. The van der Waals surface area contributed by atoms with Gasteiger partial charge < -0.3 is 15.2 Å². The number of anilines is 2. The Hall–Kier alpha value is -2.82. The van der Waals surface area contributed by atoms with Crippen LogP contribution >= 0.6 is 0 Å². The van der Waals surface area contributed by atoms with Crippen molar-refractivity contribution >= 4 is 28.3 Å². The molecule has 2 N–H and O–H groups in total. The number of aryl methyl sites for hydroxylation is 1. The van der Waals surface area contributed by atoms with E-state index in [0.717, 1.165) is 28.2 Å². The summed E-state index contributed by atoms with van der Waals surface area (Å²) in [6.07, 6.45) is 0. The Labute approximate surface area is 129 Å². The highest BCUT2D eigenvalue weighted by molar-refractivity contribution is 6.05. The third-order valence-corrected chi connectivity index (χ3v) is 3.48. The zero-order valence-electron chi connectivity index (χ0n) is 12.8. The van der Waals surface area contributed by atoms with E-state index in [1.54, 1.807) is 6.07 Å². The van der Waals surface area contributed by atoms with Crippen molar-refractivity contribution in [3.05, 3.63) is 53.9 Å². The monoisotopic (exact) mass is 294 g/mol. The van der Waals surface area contributed by atoms with Gasteiger partial charge in [0.05, 0.1) is 11.0 Å². The summed E-state index contributed by atoms with van der Waals surface area (Å²) in [6, 6.07) is 13.2. The van der Waals surface area contributed by atoms with Gasteiger partial charge in [0.25, 0.3) is 5.91 Å². The second-order valence-corrected chi connectivity index (χ2v) is 5.45. The fourth-order valence-corrected chi connectivity index (χ4v) is 2.34. The van der Waals surface area contributed by atoms with Gasteiger partial charge >= 0.3 is 0 Å². The maximum atomic E-state index is 12.4. The van der Waals surface area contributed by atoms with Gasteiger partial charge in [0.15, 0.2) is 0 Å². The van der Waals surface area contributed by atoms with E-state index in [2.05, 4.69) is 15.3 Å². The van der Waals surface area contributed by atoms with Crippen LogP contribution in [-0.4, -0.2) is 30.0 Å². The van der Waals surface area contributed by atoms with Gasteiger partial charge in [-0.15, -0.1) is 0 Å². The SMILES string of the molecule is Cc1nc2ccc(NC(=O)c3cccc(N(C)C)c3)cc2[nH]1. The van der Waals surface area contributed by atoms with E-state index < -0.39 is 0 Å². The van der Waals surface area contributed by atoms with Crippen molar-refractivity contribution in [2.45, 2.75) is 6.92 Å². The molecule has 5 nitrogen and oxygen atoms in total. The summed E-state index contributed by atoms with van der Waals surface area (Å²) < 4.78 is 0. The average molecular weight is 294 g/mol. The molecule has 3 rings (SSSR count). The first-order valence-electron chi connectivity index (χ1n) is 7.08. The minimum Gasteiger partial charge on any atom is -0.378 e. The van der Waals surface area contributed by atoms with Crippen LogP contribution in [0.3, 0.4) is 0 Å². The smallest absolute Gasteiger partial charge is 0.255 e. The van der Waals surface area contributed by atoms with Crippen molar-refractivity contribution in [1.29, 1.82) is 0 Å². The van der Waals surface area contributed by atoms with Gasteiger partial charge in [0.1, 0.15) is 5.82 Å². The van der Waals surface area contributed by atoms with Crippen molar-refractivity contribution < 1.29 is 4.79 Å². The normalized spacial score (nSPS) is 10.7. The highest BCUT2D eigenvalue weighted by Gasteiger charge is 2.08. The third kappa shape index (κ3) is 2.79. The number of hydrogen-bond acceptors (Lipinski definition) is 3. The van der Waals surface area contributed by atoms with Gasteiger partial charge in [-0.1, -0.05) is 6.07 Å². The zero-order valence-corrected chi connectivity index (χ0v) is 12.8. The van der Waals surface area contributed by atoms with Gasteiger partial charge in [-0.05, 0) is 43.3 Å². The predicted octanol–water partition coefficient (Wildman–Crippen LogP) is 3.19. The number of nitrogens with zero attached hydrogens (tertiary/aromatic N) is 2. The van der Waals surface area contributed by atoms with Crippen molar-refractivity contribution in [2.75, 3.05) is 24.3 Å². The molecule has 112 valence electrons. The minimum atomic E-state index is -0.126. The van der Waals surface area contributed by atoms with E-state index in [4.69, 9.17) is 0 Å². The third-order valence-electron chi connectivity index (χ3n) is 3.48. The maximum Gasteiger partial charge on any atom is 0.255 e. The number of aromatic nitrogens is 2. The maximum absolute atomic E-state index is 12.4. The number of amides is 1. The van der Waals surface area contributed by atoms with Crippen LogP contribution in [0.5, 0.6) is 0 Å². The summed E-state index contributed by atoms with van der Waals surface area (Å²) in [5.41, 5.74) is 4.18. The lowest BCUT2D eigenvalue weighted by Gasteiger charge is -2.13. The van der Waals surface area contributed by atoms with Gasteiger partial charge in [-0.25, -0.2) is 4.98 Å². The first-order chi connectivity index (χ1) is 10.5. The molecule has 1 aromatic heterocycles. The number of rotatable bonds is 3. The molecule has 0 radical (unpaired) electrons. The summed E-state index contributed by atoms with van der Waals surface area (Å²) in [5, 5.41) is 2.92. The molecule has 0 aliphatic heterocycles. The largest absolute Gasteiger partial charge is 0.378 e. The van der Waals surface area contributed by atoms with Crippen LogP contribution in [0.25, 0.3) is 11.0 Å². The number of nitrogens with one attached hydrogen (secondary N) is 2. The molecule has 0 unspecified atom stereocenters. The molecule has 0 aliphatic rings. The van der Waals surface area contributed by atoms with E-state index in [0.29, 0.717) is 5.56 Å². The van der Waals surface area contributed by atoms with Crippen LogP contribution in [-0.2, 0) is 0 Å². The van der Waals surface area contributed by atoms with Crippen molar-refractivity contribution in [3.63, 3.8) is 0 Å². The summed E-state index contributed by atoms with van der Waals surface area (Å²) in [6.45, 7) is 1.91. The topological polar surface area (TPSA) is 61.0 Å². The predicted molar refractivity (Wildman–Crippen MR) is 89.6 cm³/mol. The second-order valence-electron chi connectivity index (χ2n) is 5.45. The fourth-order valence-electron chi connectivity index (χ4n) is 2.34. The van der Waals surface area contributed by atoms with Crippen molar-refractivity contribution in [2.24, 2.45) is 0 Å². The quantitative estimate of drug-likeness (QED) is 0.780. The lowest BCUT2D eigenvalue weighted by Crippen LogP contribution is -2.14. The Morgan fingerprint density at radius 2 is 2.00 bits per heavy atom. The molecule has 0 fully saturated rings. The molecule has 0 saturated heterocycles. The summed E-state index contributed by atoms with van der Waals surface area (Å²) in [4.78, 5) is 21.9. The second kappa shape index (κ2) is 5.52. The number of aromatic amines is 1. The Morgan fingerprint density at radius 3 is 2.77 bits per heavy atom. The Kier molecular flexibility index (Phi) is 3.55. The van der Waals surface area contributed by atoms with Crippen LogP contribution in [0.15, 0.2) is 42.5 Å². The Bertz CT molecular complexity index is 836. The molecule has 1 amide bonds. The molecule has 22 heavy (non-hydrogen) atoms. The standard InChI is InChI=1S/C17H18N4O/c1-11-18-15-8-7-13(10-16(15)19-11)20-17(22)12-5-4-6-14(9-12)21(2)3/h4-10H,1-3H3,(H,18,19)(H,20,22). The summed E-state index contributed by atoms with van der Waals surface area (Å²) >= 11 is 0. The summed E-state index contributed by atoms with van der Waals surface area (Å²) in [7, 11) is 3.90. The fraction of sp³-hybridized carbons (Fsp3) is 0.176. The number of carbonyl (C=O) groups excluding carboxylic acids is 1. The van der Waals surface area contributed by atoms with Crippen LogP contribution in [0, 0.1) is 6.92 Å². The van der Waals surface area contributed by atoms with E-state index in [-0.39, 0.29) is 5.91 Å². The van der Waals surface area contributed by atoms with Crippen LogP contribution < -0.4 is 10.2 Å². The molecule has 0 aliphatic carbocycles. The van der Waals surface area contributed by atoms with E-state index in [1.165, 1.54) is 0 Å². The number of carbonyl (C=O) groups is 1. The van der Waals surface area contributed by atoms with Crippen LogP contribution in [0.1, 0.15) is 16.2 Å². The highest BCUT2D eigenvalue weighted by atomic mass is 16.1. The first kappa shape index (κ1) is 14.1.